The van der Waals surface area contributed by atoms with Crippen LogP contribution in [0.3, 0.4) is 0 Å². The van der Waals surface area contributed by atoms with Gasteiger partial charge in [-0.25, -0.2) is 14.4 Å². The molecule has 3 aromatic heterocycles. The molecule has 1 aromatic carbocycles. The Balaban J connectivity index is 1.50. The maximum atomic E-state index is 13.2. The third-order valence-electron chi connectivity index (χ3n) is 5.28. The number of fused-ring (bicyclic) bond motifs is 1. The van der Waals surface area contributed by atoms with Gasteiger partial charge in [0.1, 0.15) is 18.0 Å². The number of rotatable bonds is 5. The monoisotopic (exact) mass is 424 g/mol. The molecule has 0 amide bonds. The van der Waals surface area contributed by atoms with Gasteiger partial charge in [0.05, 0.1) is 29.1 Å². The van der Waals surface area contributed by atoms with E-state index in [4.69, 9.17) is 9.97 Å². The van der Waals surface area contributed by atoms with E-state index in [9.17, 15) is 9.50 Å². The highest BCUT2D eigenvalue weighted by Crippen LogP contribution is 2.34. The van der Waals surface area contributed by atoms with Crippen molar-refractivity contribution >= 4 is 39.1 Å². The molecular formula is C21H21FN6OS. The van der Waals surface area contributed by atoms with Crippen LogP contribution in [0, 0.1) is 12.7 Å². The lowest BCUT2D eigenvalue weighted by atomic mass is 10.2. The number of aryl methyl sites for hydroxylation is 1. The van der Waals surface area contributed by atoms with E-state index in [1.165, 1.54) is 12.1 Å². The number of aromatic nitrogens is 4. The van der Waals surface area contributed by atoms with E-state index in [0.29, 0.717) is 17.6 Å². The van der Waals surface area contributed by atoms with Crippen LogP contribution in [0.2, 0.25) is 0 Å². The Bertz CT molecular complexity index is 1190. The first-order valence-corrected chi connectivity index (χ1v) is 10.6. The standard InChI is InChI=1S/C21H21FN6OS/c1-13-9-17-19(30-13)20(26-21(24-17)28-8-2-3-16(28)11-29)25-18-10-27(12-23-18)15-6-4-14(22)5-7-15/h4-7,9-10,12,16,29H,2-3,8,11H2,1H3,(H,24,25,26)/t16-/m0/s1. The number of nitrogens with zero attached hydrogens (tertiary/aromatic N) is 5. The van der Waals surface area contributed by atoms with Crippen molar-refractivity contribution < 1.29 is 9.50 Å². The van der Waals surface area contributed by atoms with E-state index in [1.807, 2.05) is 17.7 Å². The molecule has 0 bridgehead atoms. The fourth-order valence-corrected chi connectivity index (χ4v) is 4.70. The van der Waals surface area contributed by atoms with Crippen LogP contribution in [0.4, 0.5) is 22.0 Å². The van der Waals surface area contributed by atoms with Crippen LogP contribution in [0.25, 0.3) is 15.9 Å². The van der Waals surface area contributed by atoms with Gasteiger partial charge >= 0.3 is 0 Å². The molecule has 0 spiro atoms. The topological polar surface area (TPSA) is 79.1 Å². The molecule has 0 radical (unpaired) electrons. The molecule has 1 aliphatic rings. The van der Waals surface area contributed by atoms with E-state index >= 15 is 0 Å². The number of hydrogen-bond acceptors (Lipinski definition) is 7. The zero-order chi connectivity index (χ0) is 20.7. The van der Waals surface area contributed by atoms with E-state index < -0.39 is 0 Å². The maximum Gasteiger partial charge on any atom is 0.228 e. The van der Waals surface area contributed by atoms with Crippen LogP contribution < -0.4 is 10.2 Å². The first-order chi connectivity index (χ1) is 14.6. The van der Waals surface area contributed by atoms with Gasteiger partial charge in [0.15, 0.2) is 5.82 Å². The van der Waals surface area contributed by atoms with Crippen molar-refractivity contribution in [1.82, 2.24) is 19.5 Å². The van der Waals surface area contributed by atoms with Gasteiger partial charge in [-0.15, -0.1) is 11.3 Å². The highest BCUT2D eigenvalue weighted by molar-refractivity contribution is 7.19. The number of benzene rings is 1. The van der Waals surface area contributed by atoms with Gasteiger partial charge in [0.2, 0.25) is 5.95 Å². The Labute approximate surface area is 176 Å². The molecule has 7 nitrogen and oxygen atoms in total. The number of nitrogens with one attached hydrogen (secondary N) is 1. The van der Waals surface area contributed by atoms with Crippen LogP contribution in [-0.4, -0.2) is 43.8 Å². The summed E-state index contributed by atoms with van der Waals surface area (Å²) in [5.74, 6) is 1.68. The van der Waals surface area contributed by atoms with Crippen molar-refractivity contribution in [2.45, 2.75) is 25.8 Å². The molecule has 154 valence electrons. The molecule has 30 heavy (non-hydrogen) atoms. The van der Waals surface area contributed by atoms with Gasteiger partial charge in [-0.3, -0.25) is 0 Å². The summed E-state index contributed by atoms with van der Waals surface area (Å²) in [6, 6.07) is 8.35. The number of aliphatic hydroxyl groups is 1. The second-order valence-electron chi connectivity index (χ2n) is 7.38. The van der Waals surface area contributed by atoms with Crippen LogP contribution >= 0.6 is 11.3 Å². The number of aliphatic hydroxyl groups excluding tert-OH is 1. The molecule has 1 fully saturated rings. The van der Waals surface area contributed by atoms with Gasteiger partial charge in [0, 0.05) is 17.1 Å². The predicted octanol–water partition coefficient (Wildman–Crippen LogP) is 4.03. The number of thiophene rings is 1. The van der Waals surface area contributed by atoms with E-state index in [-0.39, 0.29) is 18.5 Å². The van der Waals surface area contributed by atoms with Crippen LogP contribution in [0.5, 0.6) is 0 Å². The molecule has 4 aromatic rings. The Morgan fingerprint density at radius 2 is 2.10 bits per heavy atom. The SMILES string of the molecule is Cc1cc2nc(N3CCC[C@H]3CO)nc(Nc3cn(-c4ccc(F)cc4)cn3)c2s1. The molecule has 1 aliphatic heterocycles. The zero-order valence-electron chi connectivity index (χ0n) is 16.4. The number of anilines is 3. The zero-order valence-corrected chi connectivity index (χ0v) is 17.2. The van der Waals surface area contributed by atoms with E-state index in [2.05, 4.69) is 21.3 Å². The maximum absolute atomic E-state index is 13.2. The molecule has 0 unspecified atom stereocenters. The smallest absolute Gasteiger partial charge is 0.228 e. The first-order valence-electron chi connectivity index (χ1n) is 9.83. The van der Waals surface area contributed by atoms with Crippen molar-refractivity contribution in [3.8, 4) is 5.69 Å². The highest BCUT2D eigenvalue weighted by Gasteiger charge is 2.27. The third-order valence-corrected chi connectivity index (χ3v) is 6.33. The first kappa shape index (κ1) is 19.0. The summed E-state index contributed by atoms with van der Waals surface area (Å²) >= 11 is 1.63. The van der Waals surface area contributed by atoms with E-state index in [1.54, 1.807) is 29.8 Å². The Morgan fingerprint density at radius 1 is 1.27 bits per heavy atom. The van der Waals surface area contributed by atoms with E-state index in [0.717, 1.165) is 40.2 Å². The van der Waals surface area contributed by atoms with Crippen LogP contribution in [-0.2, 0) is 0 Å². The summed E-state index contributed by atoms with van der Waals surface area (Å²) in [5.41, 5.74) is 1.70. The highest BCUT2D eigenvalue weighted by atomic mass is 32.1. The summed E-state index contributed by atoms with van der Waals surface area (Å²) in [6.07, 6.45) is 5.47. The van der Waals surface area contributed by atoms with Gasteiger partial charge in [0.25, 0.3) is 0 Å². The fourth-order valence-electron chi connectivity index (χ4n) is 3.80. The van der Waals surface area contributed by atoms with Crippen molar-refractivity contribution in [1.29, 1.82) is 0 Å². The normalized spacial score (nSPS) is 16.5. The second-order valence-corrected chi connectivity index (χ2v) is 8.64. The summed E-state index contributed by atoms with van der Waals surface area (Å²) < 4.78 is 16.0. The van der Waals surface area contributed by atoms with Crippen LogP contribution in [0.15, 0.2) is 42.9 Å². The molecule has 0 saturated carbocycles. The van der Waals surface area contributed by atoms with Crippen LogP contribution in [0.1, 0.15) is 17.7 Å². The molecule has 1 atom stereocenters. The molecule has 9 heteroatoms. The van der Waals surface area contributed by atoms with Crippen molar-refractivity contribution in [3.05, 3.63) is 53.6 Å². The Hall–Kier alpha value is -3.04. The molecule has 5 rings (SSSR count). The third kappa shape index (κ3) is 3.50. The Kier molecular flexibility index (Phi) is 4.84. The molecular weight excluding hydrogens is 403 g/mol. The average Bonchev–Trinajstić information content (AvgIpc) is 3.47. The summed E-state index contributed by atoms with van der Waals surface area (Å²) in [7, 11) is 0. The lowest BCUT2D eigenvalue weighted by Crippen LogP contribution is -2.33. The molecule has 0 aliphatic carbocycles. The lowest BCUT2D eigenvalue weighted by Gasteiger charge is -2.23. The minimum Gasteiger partial charge on any atom is -0.394 e. The fraction of sp³-hybridized carbons (Fsp3) is 0.286. The summed E-state index contributed by atoms with van der Waals surface area (Å²) in [4.78, 5) is 17.2. The Morgan fingerprint density at radius 3 is 2.90 bits per heavy atom. The van der Waals surface area contributed by atoms with Crippen molar-refractivity contribution in [2.24, 2.45) is 0 Å². The minimum absolute atomic E-state index is 0.0488. The second kappa shape index (κ2) is 7.66. The summed E-state index contributed by atoms with van der Waals surface area (Å²) in [5, 5.41) is 13.0. The molecule has 2 N–H and O–H groups in total. The van der Waals surface area contributed by atoms with Gasteiger partial charge in [-0.05, 0) is 50.1 Å². The van der Waals surface area contributed by atoms with Gasteiger partial charge < -0.3 is 19.9 Å². The lowest BCUT2D eigenvalue weighted by molar-refractivity contribution is 0.265. The molecule has 4 heterocycles. The van der Waals surface area contributed by atoms with Crippen molar-refractivity contribution in [3.63, 3.8) is 0 Å². The largest absolute Gasteiger partial charge is 0.394 e. The molecule has 1 saturated heterocycles. The minimum atomic E-state index is -0.274. The average molecular weight is 425 g/mol. The van der Waals surface area contributed by atoms with Gasteiger partial charge in [-0.1, -0.05) is 0 Å². The number of hydrogen-bond donors (Lipinski definition) is 2. The van der Waals surface area contributed by atoms with Gasteiger partial charge in [-0.2, -0.15) is 4.98 Å². The summed E-state index contributed by atoms with van der Waals surface area (Å²) in [6.45, 7) is 2.97. The number of halogens is 1. The predicted molar refractivity (Wildman–Crippen MR) is 116 cm³/mol. The quantitative estimate of drug-likeness (QED) is 0.504. The van der Waals surface area contributed by atoms with Crippen molar-refractivity contribution in [2.75, 3.05) is 23.4 Å². The number of imidazole rings is 1.